The average molecular weight is 264 g/mol. The lowest BCUT2D eigenvalue weighted by Gasteiger charge is -2.08. The van der Waals surface area contributed by atoms with Gasteiger partial charge in [0.05, 0.1) is 23.0 Å². The van der Waals surface area contributed by atoms with E-state index in [0.29, 0.717) is 5.69 Å². The standard InChI is InChI=1S/C11H9FN4OS/c12-7-2-1-3-8(9(7)11(14)18)16-5-6(4-15-16)10(13)17/h1-5H,(H2,13,17)(H2,14,18). The van der Waals surface area contributed by atoms with Gasteiger partial charge in [-0.3, -0.25) is 4.79 Å². The molecule has 1 aromatic carbocycles. The first-order chi connectivity index (χ1) is 8.50. The van der Waals surface area contributed by atoms with Gasteiger partial charge in [0.25, 0.3) is 5.91 Å². The molecular formula is C11H9FN4OS. The number of rotatable bonds is 3. The van der Waals surface area contributed by atoms with Crippen LogP contribution in [0.5, 0.6) is 0 Å². The quantitative estimate of drug-likeness (QED) is 0.801. The van der Waals surface area contributed by atoms with Crippen LogP contribution in [0.4, 0.5) is 4.39 Å². The highest BCUT2D eigenvalue weighted by Gasteiger charge is 2.14. The van der Waals surface area contributed by atoms with Crippen molar-refractivity contribution < 1.29 is 9.18 Å². The summed E-state index contributed by atoms with van der Waals surface area (Å²) in [6.07, 6.45) is 2.68. The minimum atomic E-state index is -0.616. The van der Waals surface area contributed by atoms with Crippen LogP contribution in [0.25, 0.3) is 5.69 Å². The van der Waals surface area contributed by atoms with Gasteiger partial charge in [-0.05, 0) is 12.1 Å². The number of carbonyl (C=O) groups is 1. The molecule has 0 saturated heterocycles. The Balaban J connectivity index is 2.59. The first-order valence-electron chi connectivity index (χ1n) is 4.94. The molecule has 0 atom stereocenters. The van der Waals surface area contributed by atoms with Gasteiger partial charge in [-0.2, -0.15) is 5.10 Å². The molecule has 1 aromatic heterocycles. The lowest BCUT2D eigenvalue weighted by molar-refractivity contribution is 0.100. The van der Waals surface area contributed by atoms with Gasteiger partial charge in [0, 0.05) is 6.20 Å². The van der Waals surface area contributed by atoms with Gasteiger partial charge in [0.1, 0.15) is 10.8 Å². The maximum Gasteiger partial charge on any atom is 0.251 e. The van der Waals surface area contributed by atoms with E-state index in [1.54, 1.807) is 6.07 Å². The van der Waals surface area contributed by atoms with Crippen molar-refractivity contribution in [1.82, 2.24) is 9.78 Å². The van der Waals surface area contributed by atoms with Crippen LogP contribution in [0.15, 0.2) is 30.6 Å². The normalized spacial score (nSPS) is 10.3. The van der Waals surface area contributed by atoms with Gasteiger partial charge < -0.3 is 11.5 Å². The molecule has 4 N–H and O–H groups in total. The molecule has 1 amide bonds. The van der Waals surface area contributed by atoms with Gasteiger partial charge in [0.2, 0.25) is 0 Å². The second kappa shape index (κ2) is 4.53. The summed E-state index contributed by atoms with van der Waals surface area (Å²) in [5.74, 6) is -1.16. The molecule has 1 heterocycles. The lowest BCUT2D eigenvalue weighted by Crippen LogP contribution is -2.16. The van der Waals surface area contributed by atoms with Crippen molar-refractivity contribution >= 4 is 23.1 Å². The van der Waals surface area contributed by atoms with E-state index in [1.807, 2.05) is 0 Å². The predicted molar refractivity (Wildman–Crippen MR) is 67.9 cm³/mol. The Bertz CT molecular complexity index is 638. The van der Waals surface area contributed by atoms with Crippen LogP contribution in [0.3, 0.4) is 0 Å². The predicted octanol–water partition coefficient (Wildman–Crippen LogP) is 0.745. The van der Waals surface area contributed by atoms with Crippen LogP contribution in [0.2, 0.25) is 0 Å². The van der Waals surface area contributed by atoms with Crippen LogP contribution < -0.4 is 11.5 Å². The Morgan fingerprint density at radius 3 is 2.67 bits per heavy atom. The van der Waals surface area contributed by atoms with E-state index in [4.69, 9.17) is 23.7 Å². The van der Waals surface area contributed by atoms with Crippen LogP contribution in [0.1, 0.15) is 15.9 Å². The second-order valence-corrected chi connectivity index (χ2v) is 3.98. The highest BCUT2D eigenvalue weighted by Crippen LogP contribution is 2.17. The number of aromatic nitrogens is 2. The van der Waals surface area contributed by atoms with Crippen molar-refractivity contribution in [1.29, 1.82) is 0 Å². The Labute approximate surface area is 107 Å². The SMILES string of the molecule is NC(=O)c1cnn(-c2cccc(F)c2C(N)=S)c1. The van der Waals surface area contributed by atoms with Crippen LogP contribution >= 0.6 is 12.2 Å². The highest BCUT2D eigenvalue weighted by atomic mass is 32.1. The van der Waals surface area contributed by atoms with Crippen LogP contribution in [-0.4, -0.2) is 20.7 Å². The topological polar surface area (TPSA) is 86.9 Å². The van der Waals surface area contributed by atoms with Crippen molar-refractivity contribution in [2.24, 2.45) is 11.5 Å². The third kappa shape index (κ3) is 2.07. The maximum absolute atomic E-state index is 13.7. The molecule has 0 unspecified atom stereocenters. The molecule has 0 fully saturated rings. The third-order valence-electron chi connectivity index (χ3n) is 2.35. The molecule has 7 heteroatoms. The van der Waals surface area contributed by atoms with E-state index >= 15 is 0 Å². The molecule has 2 aromatic rings. The molecule has 18 heavy (non-hydrogen) atoms. The van der Waals surface area contributed by atoms with Crippen molar-refractivity contribution in [3.63, 3.8) is 0 Å². The second-order valence-electron chi connectivity index (χ2n) is 3.54. The highest BCUT2D eigenvalue weighted by molar-refractivity contribution is 7.80. The summed E-state index contributed by atoms with van der Waals surface area (Å²) in [6, 6.07) is 4.34. The number of carbonyl (C=O) groups excluding carboxylic acids is 1. The van der Waals surface area contributed by atoms with E-state index in [2.05, 4.69) is 5.10 Å². The first-order valence-corrected chi connectivity index (χ1v) is 5.34. The number of hydrogen-bond donors (Lipinski definition) is 2. The maximum atomic E-state index is 13.7. The molecule has 0 aliphatic heterocycles. The lowest BCUT2D eigenvalue weighted by atomic mass is 10.1. The molecule has 0 radical (unpaired) electrons. The van der Waals surface area contributed by atoms with Crippen molar-refractivity contribution in [2.45, 2.75) is 0 Å². The zero-order valence-corrected chi connectivity index (χ0v) is 9.95. The fourth-order valence-electron chi connectivity index (χ4n) is 1.53. The number of halogens is 1. The molecule has 92 valence electrons. The minimum absolute atomic E-state index is 0.0756. The summed E-state index contributed by atoms with van der Waals surface area (Å²) in [4.78, 5) is 10.9. The summed E-state index contributed by atoms with van der Waals surface area (Å²) in [5.41, 5.74) is 11.2. The Kier molecular flexibility index (Phi) is 3.07. The monoisotopic (exact) mass is 264 g/mol. The molecule has 0 saturated carbocycles. The zero-order chi connectivity index (χ0) is 13.3. The number of nitrogens with zero attached hydrogens (tertiary/aromatic N) is 2. The van der Waals surface area contributed by atoms with Gasteiger partial charge in [-0.25, -0.2) is 9.07 Å². The number of nitrogens with two attached hydrogens (primary N) is 2. The Morgan fingerprint density at radius 2 is 2.11 bits per heavy atom. The molecule has 0 spiro atoms. The molecule has 5 nitrogen and oxygen atoms in total. The molecule has 0 bridgehead atoms. The molecular weight excluding hydrogens is 255 g/mol. The first kappa shape index (κ1) is 12.2. The average Bonchev–Trinajstić information content (AvgIpc) is 2.77. The van der Waals surface area contributed by atoms with Crippen LogP contribution in [-0.2, 0) is 0 Å². The van der Waals surface area contributed by atoms with E-state index in [0.717, 1.165) is 0 Å². The van der Waals surface area contributed by atoms with Gasteiger partial charge >= 0.3 is 0 Å². The summed E-state index contributed by atoms with van der Waals surface area (Å²) in [6.45, 7) is 0. The summed E-state index contributed by atoms with van der Waals surface area (Å²) in [5, 5.41) is 3.93. The van der Waals surface area contributed by atoms with Gasteiger partial charge in [-0.15, -0.1) is 0 Å². The smallest absolute Gasteiger partial charge is 0.251 e. The number of amides is 1. The fraction of sp³-hybridized carbons (Fsp3) is 0. The van der Waals surface area contributed by atoms with Crippen molar-refractivity contribution in [3.05, 3.63) is 47.5 Å². The van der Waals surface area contributed by atoms with Crippen LogP contribution in [0, 0.1) is 5.82 Å². The number of benzene rings is 1. The Morgan fingerprint density at radius 1 is 1.39 bits per heavy atom. The molecule has 0 aliphatic rings. The number of primary amides is 1. The van der Waals surface area contributed by atoms with Crippen molar-refractivity contribution in [2.75, 3.05) is 0 Å². The van der Waals surface area contributed by atoms with E-state index < -0.39 is 11.7 Å². The third-order valence-corrected chi connectivity index (χ3v) is 2.56. The van der Waals surface area contributed by atoms with Gasteiger partial charge in [-0.1, -0.05) is 18.3 Å². The minimum Gasteiger partial charge on any atom is -0.389 e. The molecule has 0 aliphatic carbocycles. The van der Waals surface area contributed by atoms with E-state index in [1.165, 1.54) is 29.2 Å². The summed E-state index contributed by atoms with van der Waals surface area (Å²) >= 11 is 4.80. The Hall–Kier alpha value is -2.28. The number of thiocarbonyl (C=S) groups is 1. The largest absolute Gasteiger partial charge is 0.389 e. The van der Waals surface area contributed by atoms with Gasteiger partial charge in [0.15, 0.2) is 0 Å². The molecule has 2 rings (SSSR count). The number of hydrogen-bond acceptors (Lipinski definition) is 3. The summed E-state index contributed by atoms with van der Waals surface area (Å²) in [7, 11) is 0. The van der Waals surface area contributed by atoms with Crippen molar-refractivity contribution in [3.8, 4) is 5.69 Å². The summed E-state index contributed by atoms with van der Waals surface area (Å²) < 4.78 is 15.0. The fourth-order valence-corrected chi connectivity index (χ4v) is 1.73. The zero-order valence-electron chi connectivity index (χ0n) is 9.13. The van der Waals surface area contributed by atoms with E-state index in [-0.39, 0.29) is 16.1 Å². The van der Waals surface area contributed by atoms with E-state index in [9.17, 15) is 9.18 Å².